The van der Waals surface area contributed by atoms with Crippen LogP contribution < -0.4 is 11.1 Å². The molecule has 0 aromatic rings. The van der Waals surface area contributed by atoms with Gasteiger partial charge in [-0.25, -0.2) is 0 Å². The van der Waals surface area contributed by atoms with Gasteiger partial charge in [0.25, 0.3) is 0 Å². The van der Waals surface area contributed by atoms with Crippen molar-refractivity contribution in [2.45, 2.75) is 147 Å². The van der Waals surface area contributed by atoms with Gasteiger partial charge in [-0.05, 0) is 112 Å². The first-order valence-electron chi connectivity index (χ1n) is 19.1. The van der Waals surface area contributed by atoms with Crippen LogP contribution >= 0.6 is 0 Å². The summed E-state index contributed by atoms with van der Waals surface area (Å²) in [5.41, 5.74) is 4.06. The zero-order valence-corrected chi connectivity index (χ0v) is 33.0. The topological polar surface area (TPSA) is 136 Å². The van der Waals surface area contributed by atoms with Crippen molar-refractivity contribution in [2.75, 3.05) is 55.0 Å². The predicted octanol–water partition coefficient (Wildman–Crippen LogP) is 3.40. The van der Waals surface area contributed by atoms with Gasteiger partial charge in [0.2, 0.25) is 5.91 Å². The van der Waals surface area contributed by atoms with Crippen molar-refractivity contribution in [3.63, 3.8) is 0 Å². The van der Waals surface area contributed by atoms with E-state index in [0.717, 1.165) is 44.9 Å². The molecule has 2 saturated carbocycles. The number of likely N-dealkylation sites (N-methyl/N-ethyl adjacent to an activating group) is 2. The van der Waals surface area contributed by atoms with Gasteiger partial charge in [-0.2, -0.15) is 0 Å². The molecule has 4 fully saturated rings. The third kappa shape index (κ3) is 9.46. The van der Waals surface area contributed by atoms with Crippen LogP contribution in [0.25, 0.3) is 0 Å². The van der Waals surface area contributed by atoms with Gasteiger partial charge in [0.1, 0.15) is 17.7 Å². The largest absolute Gasteiger partial charge is 0.462 e. The number of ether oxygens (including phenoxy) is 4. The minimum atomic E-state index is -1.45. The Morgan fingerprint density at radius 2 is 1.64 bits per heavy atom. The summed E-state index contributed by atoms with van der Waals surface area (Å²) >= 11 is 0. The van der Waals surface area contributed by atoms with Crippen LogP contribution in [0.5, 0.6) is 0 Å². The van der Waals surface area contributed by atoms with Crippen molar-refractivity contribution in [3.8, 4) is 0 Å². The molecule has 0 aromatic heterocycles. The summed E-state index contributed by atoms with van der Waals surface area (Å²) < 4.78 is 25.5. The summed E-state index contributed by atoms with van der Waals surface area (Å²) in [7, 11) is 9.70. The van der Waals surface area contributed by atoms with Gasteiger partial charge in [-0.15, -0.1) is 0 Å². The number of amides is 1. The quantitative estimate of drug-likeness (QED) is 0.270. The molecule has 2 aliphatic carbocycles. The molecule has 4 aliphatic rings. The van der Waals surface area contributed by atoms with E-state index in [1.165, 1.54) is 0 Å². The number of nitrogens with zero attached hydrogens (tertiary/aromatic N) is 3. The number of hydrogen-bond acceptors (Lipinski definition) is 11. The second-order valence-electron chi connectivity index (χ2n) is 17.2. The average molecular weight is 708 g/mol. The number of rotatable bonds is 9. The Labute approximate surface area is 301 Å². The van der Waals surface area contributed by atoms with E-state index in [9.17, 15) is 14.4 Å². The summed E-state index contributed by atoms with van der Waals surface area (Å²) in [6, 6.07) is 0.905. The Bertz CT molecular complexity index is 1170. The minimum Gasteiger partial charge on any atom is -0.462 e. The van der Waals surface area contributed by atoms with Crippen LogP contribution in [-0.2, 0) is 33.3 Å². The first-order valence-corrected chi connectivity index (χ1v) is 19.1. The molecular formula is C38H69N5O7. The first kappa shape index (κ1) is 41.1. The number of nitrogens with two attached hydrogens (primary N) is 1. The summed E-state index contributed by atoms with van der Waals surface area (Å²) in [6.07, 6.45) is 6.46. The minimum absolute atomic E-state index is 0.00678. The number of cyclic esters (lactones) is 1. The maximum absolute atomic E-state index is 14.4. The van der Waals surface area contributed by atoms with Crippen LogP contribution in [0.2, 0.25) is 0 Å². The van der Waals surface area contributed by atoms with Gasteiger partial charge >= 0.3 is 5.97 Å². The molecule has 0 aromatic carbocycles. The first-order chi connectivity index (χ1) is 23.3. The highest BCUT2D eigenvalue weighted by Crippen LogP contribution is 2.40. The van der Waals surface area contributed by atoms with Crippen molar-refractivity contribution in [2.24, 2.45) is 28.9 Å². The maximum atomic E-state index is 14.4. The van der Waals surface area contributed by atoms with Gasteiger partial charge in [-0.1, -0.05) is 13.8 Å². The molecule has 2 aliphatic heterocycles. The van der Waals surface area contributed by atoms with Crippen molar-refractivity contribution < 1.29 is 33.3 Å². The molecule has 288 valence electrons. The van der Waals surface area contributed by atoms with Crippen molar-refractivity contribution in [1.29, 1.82) is 0 Å². The molecule has 2 saturated heterocycles. The van der Waals surface area contributed by atoms with Crippen LogP contribution in [0.15, 0.2) is 0 Å². The molecule has 1 amide bonds. The third-order valence-electron chi connectivity index (χ3n) is 12.5. The van der Waals surface area contributed by atoms with E-state index in [-0.39, 0.29) is 48.3 Å². The molecule has 12 nitrogen and oxygen atoms in total. The van der Waals surface area contributed by atoms with E-state index < -0.39 is 41.0 Å². The highest BCUT2D eigenvalue weighted by Gasteiger charge is 2.52. The van der Waals surface area contributed by atoms with E-state index in [4.69, 9.17) is 24.7 Å². The zero-order chi connectivity index (χ0) is 37.2. The molecule has 12 heteroatoms. The van der Waals surface area contributed by atoms with Gasteiger partial charge in [-0.3, -0.25) is 19.3 Å². The van der Waals surface area contributed by atoms with Crippen LogP contribution in [-0.4, -0.2) is 135 Å². The lowest BCUT2D eigenvalue weighted by Crippen LogP contribution is -2.64. The van der Waals surface area contributed by atoms with E-state index >= 15 is 0 Å². The molecule has 3 N–H and O–H groups in total. The fourth-order valence-electron chi connectivity index (χ4n) is 8.76. The van der Waals surface area contributed by atoms with Gasteiger partial charge in [0.05, 0.1) is 24.4 Å². The lowest BCUT2D eigenvalue weighted by Gasteiger charge is -2.48. The Hall–Kier alpha value is -1.67. The van der Waals surface area contributed by atoms with E-state index in [1.54, 1.807) is 21.0 Å². The standard InChI is InChI=1S/C38H69N5O7/c1-24-20-37(6,47-11)34(50-32-19-30(41(7)8)18-25(2)49-32)26(3)33(45)36(4,5)35(46)48-23-38(39,42(9)22-24)27-12-16-29(17-13-27)43(10)31(44)21-40-28-14-15-28/h24-30,32,34,40H,12-23,39H2,1-11H3/t24-,25-,26+,27?,29?,30+,32+,34-,37-,38-/m1/s1. The smallest absolute Gasteiger partial charge is 0.319 e. The summed E-state index contributed by atoms with van der Waals surface area (Å²) in [4.78, 5) is 47.4. The fourth-order valence-corrected chi connectivity index (χ4v) is 8.76. The second kappa shape index (κ2) is 16.6. The third-order valence-corrected chi connectivity index (χ3v) is 12.5. The fraction of sp³-hybridized carbons (Fsp3) is 0.921. The van der Waals surface area contributed by atoms with Crippen LogP contribution in [0.3, 0.4) is 0 Å². The number of ketones is 1. The second-order valence-corrected chi connectivity index (χ2v) is 17.2. The molecular weight excluding hydrogens is 638 g/mol. The number of methoxy groups -OCH3 is 1. The molecule has 0 bridgehead atoms. The summed E-state index contributed by atoms with van der Waals surface area (Å²) in [6.45, 7) is 12.3. The van der Waals surface area contributed by atoms with E-state index in [2.05, 4.69) is 43.1 Å². The molecule has 4 rings (SSSR count). The molecule has 0 spiro atoms. The van der Waals surface area contributed by atoms with Crippen molar-refractivity contribution in [1.82, 2.24) is 20.0 Å². The normalized spacial score (nSPS) is 39.6. The highest BCUT2D eigenvalue weighted by atomic mass is 16.7. The Morgan fingerprint density at radius 1 is 1.00 bits per heavy atom. The number of carbonyl (C=O) groups excluding carboxylic acids is 3. The van der Waals surface area contributed by atoms with Crippen molar-refractivity contribution >= 4 is 17.7 Å². The number of carbonyl (C=O) groups is 3. The lowest BCUT2D eigenvalue weighted by molar-refractivity contribution is -0.263. The maximum Gasteiger partial charge on any atom is 0.319 e. The zero-order valence-electron chi connectivity index (χ0n) is 33.0. The SMILES string of the molecule is CO[C@]1(C)C[C@@H](C)CN(C)[C@@](N)(C2CCC(N(C)C(=O)CNC3CC3)CC2)COC(=O)C(C)(C)C(=O)[C@H](C)[C@H]1O[C@H]1C[C@@H](N(C)C)C[C@@H](C)O1. The van der Waals surface area contributed by atoms with Crippen LogP contribution in [0.4, 0.5) is 0 Å². The number of nitrogens with one attached hydrogen (secondary N) is 1. The number of esters is 1. The number of Topliss-reactive ketones (excluding diaryl/α,β-unsaturated/α-hetero) is 1. The predicted molar refractivity (Wildman–Crippen MR) is 193 cm³/mol. The van der Waals surface area contributed by atoms with Crippen LogP contribution in [0, 0.1) is 23.2 Å². The Morgan fingerprint density at radius 3 is 2.22 bits per heavy atom. The summed E-state index contributed by atoms with van der Waals surface area (Å²) in [5, 5.41) is 3.33. The Balaban J connectivity index is 1.56. The lowest BCUT2D eigenvalue weighted by atomic mass is 9.74. The monoisotopic (exact) mass is 708 g/mol. The molecule has 0 radical (unpaired) electrons. The number of hydrogen-bond donors (Lipinski definition) is 2. The Kier molecular flexibility index (Phi) is 13.6. The van der Waals surface area contributed by atoms with Crippen LogP contribution in [0.1, 0.15) is 99.3 Å². The average Bonchev–Trinajstić information content (AvgIpc) is 3.91. The van der Waals surface area contributed by atoms with Gasteiger partial charge in [0.15, 0.2) is 12.1 Å². The van der Waals surface area contributed by atoms with E-state index in [1.807, 2.05) is 32.8 Å². The summed E-state index contributed by atoms with van der Waals surface area (Å²) in [5.74, 6) is -1.32. The molecule has 2 heterocycles. The van der Waals surface area contributed by atoms with Crippen molar-refractivity contribution in [3.05, 3.63) is 0 Å². The molecule has 0 unspecified atom stereocenters. The molecule has 8 atom stereocenters. The van der Waals surface area contributed by atoms with Gasteiger partial charge < -0.3 is 39.8 Å². The van der Waals surface area contributed by atoms with Gasteiger partial charge in [0, 0.05) is 51.2 Å². The highest BCUT2D eigenvalue weighted by molar-refractivity contribution is 6.04. The molecule has 50 heavy (non-hydrogen) atoms. The van der Waals surface area contributed by atoms with E-state index in [0.29, 0.717) is 32.0 Å².